The van der Waals surface area contributed by atoms with Gasteiger partial charge >= 0.3 is 0 Å². The molecule has 0 radical (unpaired) electrons. The van der Waals surface area contributed by atoms with Gasteiger partial charge in [-0.25, -0.2) is 8.42 Å². The number of rotatable bonds is 4. The lowest BCUT2D eigenvalue weighted by molar-refractivity contribution is 0.0911. The van der Waals surface area contributed by atoms with Gasteiger partial charge in [-0.05, 0) is 50.5 Å². The number of carbonyl (C=O) groups excluding carboxylic acids is 1. The van der Waals surface area contributed by atoms with Crippen LogP contribution in [0.5, 0.6) is 0 Å². The molecule has 1 heterocycles. The molecule has 0 atom stereocenters. The third-order valence-corrected chi connectivity index (χ3v) is 5.11. The van der Waals surface area contributed by atoms with Crippen molar-refractivity contribution in [1.82, 2.24) is 5.32 Å². The molecule has 1 aromatic rings. The van der Waals surface area contributed by atoms with Gasteiger partial charge in [-0.1, -0.05) is 6.92 Å². The lowest BCUT2D eigenvalue weighted by Crippen LogP contribution is -2.42. The summed E-state index contributed by atoms with van der Waals surface area (Å²) in [6, 6.07) is 5.20. The van der Waals surface area contributed by atoms with Crippen molar-refractivity contribution in [3.05, 3.63) is 29.3 Å². The Morgan fingerprint density at radius 2 is 2.05 bits per heavy atom. The van der Waals surface area contributed by atoms with Gasteiger partial charge in [0.05, 0.1) is 11.9 Å². The van der Waals surface area contributed by atoms with Crippen molar-refractivity contribution >= 4 is 21.6 Å². The van der Waals surface area contributed by atoms with E-state index in [0.29, 0.717) is 24.2 Å². The number of sulfonamides is 1. The molecule has 1 aliphatic rings. The molecule has 1 aromatic carbocycles. The van der Waals surface area contributed by atoms with E-state index in [0.717, 1.165) is 12.0 Å². The van der Waals surface area contributed by atoms with E-state index in [4.69, 9.17) is 0 Å². The van der Waals surface area contributed by atoms with E-state index in [9.17, 15) is 13.2 Å². The number of carbonyl (C=O) groups is 1. The molecule has 0 saturated carbocycles. The Morgan fingerprint density at radius 1 is 1.38 bits per heavy atom. The topological polar surface area (TPSA) is 66.5 Å². The minimum absolute atomic E-state index is 0.123. The molecular formula is C15H22N2O3S. The van der Waals surface area contributed by atoms with Gasteiger partial charge in [-0.3, -0.25) is 9.10 Å². The van der Waals surface area contributed by atoms with E-state index in [1.807, 2.05) is 20.8 Å². The van der Waals surface area contributed by atoms with Crippen LogP contribution in [0.3, 0.4) is 0 Å². The van der Waals surface area contributed by atoms with Crippen molar-refractivity contribution in [1.29, 1.82) is 0 Å². The fourth-order valence-corrected chi connectivity index (χ4v) is 3.28. The number of nitrogens with one attached hydrogen (secondary N) is 1. The maximum atomic E-state index is 12.3. The van der Waals surface area contributed by atoms with E-state index >= 15 is 0 Å². The number of benzene rings is 1. The van der Waals surface area contributed by atoms with Crippen LogP contribution in [0.1, 0.15) is 43.1 Å². The molecule has 2 rings (SSSR count). The zero-order valence-corrected chi connectivity index (χ0v) is 13.8. The summed E-state index contributed by atoms with van der Waals surface area (Å²) in [5.74, 6) is -0.123. The minimum Gasteiger partial charge on any atom is -0.347 e. The molecular weight excluding hydrogens is 288 g/mol. The lowest BCUT2D eigenvalue weighted by atomic mass is 10.0. The number of nitrogens with zero attached hydrogens (tertiary/aromatic N) is 1. The monoisotopic (exact) mass is 310 g/mol. The molecule has 1 amide bonds. The Kier molecular flexibility index (Phi) is 4.02. The van der Waals surface area contributed by atoms with E-state index < -0.39 is 10.0 Å². The van der Waals surface area contributed by atoms with Gasteiger partial charge in [0.1, 0.15) is 0 Å². The summed E-state index contributed by atoms with van der Waals surface area (Å²) >= 11 is 0. The molecule has 0 fully saturated rings. The van der Waals surface area contributed by atoms with Crippen molar-refractivity contribution in [2.75, 3.05) is 17.1 Å². The zero-order chi connectivity index (χ0) is 15.8. The molecule has 1 aliphatic heterocycles. The molecule has 6 heteroatoms. The van der Waals surface area contributed by atoms with Crippen LogP contribution in [-0.2, 0) is 16.4 Å². The molecule has 0 spiro atoms. The summed E-state index contributed by atoms with van der Waals surface area (Å²) in [6.45, 7) is 6.42. The van der Waals surface area contributed by atoms with Crippen LogP contribution in [0, 0.1) is 0 Å². The van der Waals surface area contributed by atoms with Gasteiger partial charge in [0.15, 0.2) is 0 Å². The highest BCUT2D eigenvalue weighted by molar-refractivity contribution is 7.92. The van der Waals surface area contributed by atoms with Gasteiger partial charge in [-0.2, -0.15) is 0 Å². The van der Waals surface area contributed by atoms with Crippen LogP contribution < -0.4 is 9.62 Å². The summed E-state index contributed by atoms with van der Waals surface area (Å²) in [5, 5.41) is 2.98. The maximum Gasteiger partial charge on any atom is 0.251 e. The second-order valence-corrected chi connectivity index (χ2v) is 8.03. The predicted octanol–water partition coefficient (Wildman–Crippen LogP) is 1.93. The fraction of sp³-hybridized carbons (Fsp3) is 0.533. The van der Waals surface area contributed by atoms with Crippen LogP contribution >= 0.6 is 0 Å². The Labute approximate surface area is 126 Å². The molecule has 0 bridgehead atoms. The van der Waals surface area contributed by atoms with Crippen LogP contribution in [0.25, 0.3) is 0 Å². The van der Waals surface area contributed by atoms with Gasteiger partial charge in [0.25, 0.3) is 5.91 Å². The number of amides is 1. The molecule has 0 aliphatic carbocycles. The van der Waals surface area contributed by atoms with Gasteiger partial charge in [-0.15, -0.1) is 0 Å². The quantitative estimate of drug-likeness (QED) is 0.924. The maximum absolute atomic E-state index is 12.3. The minimum atomic E-state index is -3.25. The average Bonchev–Trinajstić information content (AvgIpc) is 2.80. The van der Waals surface area contributed by atoms with Crippen LogP contribution in [0.4, 0.5) is 5.69 Å². The summed E-state index contributed by atoms with van der Waals surface area (Å²) in [5.41, 5.74) is 1.91. The molecule has 5 nitrogen and oxygen atoms in total. The first kappa shape index (κ1) is 15.8. The number of hydrogen-bond donors (Lipinski definition) is 1. The lowest BCUT2D eigenvalue weighted by Gasteiger charge is -2.24. The van der Waals surface area contributed by atoms with Crippen LogP contribution in [0.2, 0.25) is 0 Å². The van der Waals surface area contributed by atoms with E-state index in [1.165, 1.54) is 10.6 Å². The number of hydrogen-bond acceptors (Lipinski definition) is 3. The van der Waals surface area contributed by atoms with Gasteiger partial charge in [0.2, 0.25) is 10.0 Å². The van der Waals surface area contributed by atoms with Crippen molar-refractivity contribution in [2.45, 2.75) is 39.2 Å². The van der Waals surface area contributed by atoms with E-state index in [-0.39, 0.29) is 11.4 Å². The van der Waals surface area contributed by atoms with Crippen molar-refractivity contribution in [3.8, 4) is 0 Å². The van der Waals surface area contributed by atoms with E-state index in [1.54, 1.807) is 18.2 Å². The highest BCUT2D eigenvalue weighted by atomic mass is 32.2. The molecule has 116 valence electrons. The molecule has 0 saturated heterocycles. The average molecular weight is 310 g/mol. The SMILES string of the molecule is CCC(C)(C)NC(=O)c1ccc2c(c1)CCN2S(C)(=O)=O. The molecule has 1 N–H and O–H groups in total. The first-order valence-corrected chi connectivity index (χ1v) is 8.92. The van der Waals surface area contributed by atoms with Gasteiger partial charge in [0, 0.05) is 17.6 Å². The fourth-order valence-electron chi connectivity index (χ4n) is 2.33. The second-order valence-electron chi connectivity index (χ2n) is 6.12. The Bertz CT molecular complexity index is 665. The highest BCUT2D eigenvalue weighted by Crippen LogP contribution is 2.30. The van der Waals surface area contributed by atoms with Gasteiger partial charge < -0.3 is 5.32 Å². The highest BCUT2D eigenvalue weighted by Gasteiger charge is 2.27. The molecule has 21 heavy (non-hydrogen) atoms. The normalized spacial score (nSPS) is 15.0. The summed E-state index contributed by atoms with van der Waals surface area (Å²) < 4.78 is 24.8. The standard InChI is InChI=1S/C15H22N2O3S/c1-5-15(2,3)16-14(18)12-6-7-13-11(10-12)8-9-17(13)21(4,19)20/h6-7,10H,5,8-9H2,1-4H3,(H,16,18). The largest absolute Gasteiger partial charge is 0.347 e. The third kappa shape index (κ3) is 3.37. The molecule has 0 aromatic heterocycles. The molecule has 0 unspecified atom stereocenters. The Balaban J connectivity index is 2.26. The summed E-state index contributed by atoms with van der Waals surface area (Å²) in [6.07, 6.45) is 2.68. The number of fused-ring (bicyclic) bond motifs is 1. The Hall–Kier alpha value is -1.56. The smallest absolute Gasteiger partial charge is 0.251 e. The predicted molar refractivity (Wildman–Crippen MR) is 84.2 cm³/mol. The second kappa shape index (κ2) is 5.33. The third-order valence-electron chi connectivity index (χ3n) is 3.93. The zero-order valence-electron chi connectivity index (χ0n) is 12.9. The van der Waals surface area contributed by atoms with Crippen LogP contribution in [0.15, 0.2) is 18.2 Å². The summed E-state index contributed by atoms with van der Waals surface area (Å²) in [4.78, 5) is 12.3. The van der Waals surface area contributed by atoms with Crippen molar-refractivity contribution < 1.29 is 13.2 Å². The Morgan fingerprint density at radius 3 is 2.62 bits per heavy atom. The summed E-state index contributed by atoms with van der Waals surface area (Å²) in [7, 11) is -3.25. The first-order chi connectivity index (χ1) is 9.64. The van der Waals surface area contributed by atoms with Crippen LogP contribution in [-0.4, -0.2) is 32.7 Å². The van der Waals surface area contributed by atoms with E-state index in [2.05, 4.69) is 5.32 Å². The van der Waals surface area contributed by atoms with Crippen molar-refractivity contribution in [2.24, 2.45) is 0 Å². The first-order valence-electron chi connectivity index (χ1n) is 7.07. The number of anilines is 1. The van der Waals surface area contributed by atoms with Crippen molar-refractivity contribution in [3.63, 3.8) is 0 Å².